The summed E-state index contributed by atoms with van der Waals surface area (Å²) in [6.07, 6.45) is 3.37. The van der Waals surface area contributed by atoms with E-state index in [-0.39, 0.29) is 0 Å². The first-order valence-electron chi connectivity index (χ1n) is 2.57. The summed E-state index contributed by atoms with van der Waals surface area (Å²) in [5, 5.41) is 12.1. The highest BCUT2D eigenvalue weighted by Crippen LogP contribution is 1.67. The van der Waals surface area contributed by atoms with E-state index in [1.54, 1.807) is 21.9 Å². The molecule has 0 N–H and O–H groups in total. The predicted octanol–water partition coefficient (Wildman–Crippen LogP) is -0.769. The molecule has 0 aromatic carbocycles. The maximum atomic E-state index is 8.22. The maximum absolute atomic E-state index is 8.22. The van der Waals surface area contributed by atoms with Gasteiger partial charge in [0.15, 0.2) is 6.54 Å². The number of aromatic nitrogens is 3. The zero-order chi connectivity index (χ0) is 6.69. The van der Waals surface area contributed by atoms with Crippen LogP contribution in [0.3, 0.4) is 0 Å². The van der Waals surface area contributed by atoms with E-state index in [2.05, 4.69) is 5.10 Å². The van der Waals surface area contributed by atoms with Crippen molar-refractivity contribution < 1.29 is 4.57 Å². The number of rotatable bonds is 1. The van der Waals surface area contributed by atoms with Crippen LogP contribution in [0.5, 0.6) is 0 Å². The van der Waals surface area contributed by atoms with Gasteiger partial charge in [0.25, 0.3) is 6.33 Å². The normalized spacial score (nSPS) is 8.89. The van der Waals surface area contributed by atoms with Crippen molar-refractivity contribution in [1.82, 2.24) is 9.78 Å². The topological polar surface area (TPSA) is 45.5 Å². The minimum Gasteiger partial charge on any atom is -0.224 e. The molecule has 1 aromatic rings. The summed E-state index contributed by atoms with van der Waals surface area (Å²) in [5.41, 5.74) is 0. The lowest BCUT2D eigenvalue weighted by Gasteiger charge is -1.77. The van der Waals surface area contributed by atoms with E-state index in [4.69, 9.17) is 5.26 Å². The fraction of sp³-hybridized carbons (Fsp3) is 0.400. The number of nitriles is 1. The highest BCUT2D eigenvalue weighted by atomic mass is 15.3. The van der Waals surface area contributed by atoms with Gasteiger partial charge >= 0.3 is 0 Å². The van der Waals surface area contributed by atoms with Crippen molar-refractivity contribution in [3.05, 3.63) is 12.7 Å². The standard InChI is InChI=1S/C5H7N4/c1-8-5-9(3-2-6)4-7-8/h4-5H,3H2,1H3/q+1. The maximum Gasteiger partial charge on any atom is 0.265 e. The predicted molar refractivity (Wildman–Crippen MR) is 29.0 cm³/mol. The van der Waals surface area contributed by atoms with E-state index >= 15 is 0 Å². The molecule has 4 nitrogen and oxygen atoms in total. The quantitative estimate of drug-likeness (QED) is 0.460. The summed E-state index contributed by atoms with van der Waals surface area (Å²) in [6.45, 7) is 0.369. The lowest BCUT2D eigenvalue weighted by Crippen LogP contribution is -2.29. The first-order chi connectivity index (χ1) is 4.33. The van der Waals surface area contributed by atoms with Crippen molar-refractivity contribution in [3.63, 3.8) is 0 Å². The molecule has 0 amide bonds. The number of aryl methyl sites for hydroxylation is 1. The molecule has 0 aliphatic heterocycles. The van der Waals surface area contributed by atoms with Crippen LogP contribution in [0.15, 0.2) is 12.7 Å². The summed E-state index contributed by atoms with van der Waals surface area (Å²) in [5.74, 6) is 0. The van der Waals surface area contributed by atoms with Crippen molar-refractivity contribution >= 4 is 0 Å². The highest BCUT2D eigenvalue weighted by Gasteiger charge is 1.97. The average Bonchev–Trinajstić information content (AvgIpc) is 2.17. The van der Waals surface area contributed by atoms with Crippen LogP contribution >= 0.6 is 0 Å². The van der Waals surface area contributed by atoms with Gasteiger partial charge < -0.3 is 0 Å². The third-order valence-electron chi connectivity index (χ3n) is 0.951. The van der Waals surface area contributed by atoms with Gasteiger partial charge in [-0.25, -0.2) is 4.57 Å². The minimum atomic E-state index is 0.369. The Morgan fingerprint density at radius 2 is 2.67 bits per heavy atom. The van der Waals surface area contributed by atoms with Crippen LogP contribution < -0.4 is 4.57 Å². The van der Waals surface area contributed by atoms with E-state index in [1.807, 2.05) is 13.1 Å². The van der Waals surface area contributed by atoms with Gasteiger partial charge in [0, 0.05) is 5.10 Å². The van der Waals surface area contributed by atoms with Crippen LogP contribution in [-0.4, -0.2) is 9.78 Å². The second-order valence-electron chi connectivity index (χ2n) is 1.75. The monoisotopic (exact) mass is 123 g/mol. The van der Waals surface area contributed by atoms with Gasteiger partial charge in [0.2, 0.25) is 6.33 Å². The van der Waals surface area contributed by atoms with Crippen molar-refractivity contribution in [2.24, 2.45) is 7.05 Å². The summed E-state index contributed by atoms with van der Waals surface area (Å²) in [6, 6.07) is 2.01. The molecule has 0 aliphatic rings. The average molecular weight is 123 g/mol. The van der Waals surface area contributed by atoms with Crippen LogP contribution in [-0.2, 0) is 13.6 Å². The second kappa shape index (κ2) is 2.27. The van der Waals surface area contributed by atoms with Crippen LogP contribution in [0.25, 0.3) is 0 Å². The molecule has 0 atom stereocenters. The molecule has 0 spiro atoms. The Bertz CT molecular complexity index is 231. The van der Waals surface area contributed by atoms with E-state index in [9.17, 15) is 0 Å². The highest BCUT2D eigenvalue weighted by molar-refractivity contribution is 4.59. The van der Waals surface area contributed by atoms with E-state index in [1.165, 1.54) is 0 Å². The van der Waals surface area contributed by atoms with Gasteiger partial charge in [-0.3, -0.25) is 0 Å². The Morgan fingerprint density at radius 1 is 1.89 bits per heavy atom. The largest absolute Gasteiger partial charge is 0.265 e. The van der Waals surface area contributed by atoms with Crippen LogP contribution in [0.2, 0.25) is 0 Å². The number of hydrogen-bond acceptors (Lipinski definition) is 2. The van der Waals surface area contributed by atoms with E-state index in [0.29, 0.717) is 6.54 Å². The molecule has 0 aliphatic carbocycles. The van der Waals surface area contributed by atoms with Gasteiger partial charge in [-0.05, 0) is 0 Å². The lowest BCUT2D eigenvalue weighted by atomic mass is 10.7. The molecule has 0 saturated heterocycles. The summed E-state index contributed by atoms with van der Waals surface area (Å²) in [4.78, 5) is 0. The van der Waals surface area contributed by atoms with Crippen molar-refractivity contribution in [2.75, 3.05) is 0 Å². The third kappa shape index (κ3) is 1.26. The molecule has 0 saturated carbocycles. The fourth-order valence-electron chi connectivity index (χ4n) is 0.585. The van der Waals surface area contributed by atoms with Gasteiger partial charge in [-0.15, -0.1) is 4.68 Å². The molecule has 46 valence electrons. The molecule has 1 aromatic heterocycles. The molecule has 4 heteroatoms. The van der Waals surface area contributed by atoms with Gasteiger partial charge in [-0.2, -0.15) is 5.26 Å². The summed E-state index contributed by atoms with van der Waals surface area (Å²) < 4.78 is 3.36. The van der Waals surface area contributed by atoms with Crippen molar-refractivity contribution in [1.29, 1.82) is 5.26 Å². The molecule has 9 heavy (non-hydrogen) atoms. The summed E-state index contributed by atoms with van der Waals surface area (Å²) >= 11 is 0. The first-order valence-corrected chi connectivity index (χ1v) is 2.57. The Morgan fingerprint density at radius 3 is 3.11 bits per heavy atom. The third-order valence-corrected chi connectivity index (χ3v) is 0.951. The lowest BCUT2D eigenvalue weighted by molar-refractivity contribution is -0.685. The molecule has 0 bridgehead atoms. The van der Waals surface area contributed by atoms with Crippen molar-refractivity contribution in [2.45, 2.75) is 6.54 Å². The van der Waals surface area contributed by atoms with E-state index in [0.717, 1.165) is 0 Å². The smallest absolute Gasteiger partial charge is 0.224 e. The molecule has 0 unspecified atom stereocenters. The van der Waals surface area contributed by atoms with Crippen LogP contribution in [0, 0.1) is 11.3 Å². The van der Waals surface area contributed by atoms with Gasteiger partial charge in [0.1, 0.15) is 6.07 Å². The first kappa shape index (κ1) is 5.76. The molecule has 0 radical (unpaired) electrons. The molecule has 1 heterocycles. The molecule has 0 fully saturated rings. The molecular formula is C5H7N4+. The SMILES string of the molecule is Cn1c[n+](CC#N)cn1. The Labute approximate surface area is 53.0 Å². The Kier molecular flexibility index (Phi) is 1.45. The Balaban J connectivity index is 2.76. The molecule has 1 rings (SSSR count). The number of nitrogens with zero attached hydrogens (tertiary/aromatic N) is 4. The van der Waals surface area contributed by atoms with Gasteiger partial charge in [0.05, 0.1) is 7.05 Å². The van der Waals surface area contributed by atoms with E-state index < -0.39 is 0 Å². The molecular weight excluding hydrogens is 116 g/mol. The minimum absolute atomic E-state index is 0.369. The number of hydrogen-bond donors (Lipinski definition) is 0. The van der Waals surface area contributed by atoms with Crippen LogP contribution in [0.1, 0.15) is 0 Å². The van der Waals surface area contributed by atoms with Gasteiger partial charge in [-0.1, -0.05) is 0 Å². The van der Waals surface area contributed by atoms with Crippen LogP contribution in [0.4, 0.5) is 0 Å². The zero-order valence-corrected chi connectivity index (χ0v) is 5.15. The Hall–Kier alpha value is -1.37. The van der Waals surface area contributed by atoms with Crippen molar-refractivity contribution in [3.8, 4) is 6.07 Å². The summed E-state index contributed by atoms with van der Waals surface area (Å²) in [7, 11) is 1.81. The zero-order valence-electron chi connectivity index (χ0n) is 5.15. The second-order valence-corrected chi connectivity index (χ2v) is 1.75. The fourth-order valence-corrected chi connectivity index (χ4v) is 0.585.